The number of amides is 1. The second-order valence-electron chi connectivity index (χ2n) is 4.85. The van der Waals surface area contributed by atoms with Crippen LogP contribution >= 0.6 is 26.6 Å². The number of halogens is 2. The molecule has 0 saturated carbocycles. The summed E-state index contributed by atoms with van der Waals surface area (Å²) in [4.78, 5) is 11.4. The summed E-state index contributed by atoms with van der Waals surface area (Å²) in [5, 5.41) is 2.70. The van der Waals surface area contributed by atoms with Gasteiger partial charge in [0.1, 0.15) is 10.6 Å². The van der Waals surface area contributed by atoms with Gasteiger partial charge in [0, 0.05) is 21.7 Å². The van der Waals surface area contributed by atoms with Gasteiger partial charge in [-0.25, -0.2) is 8.42 Å². The van der Waals surface area contributed by atoms with Gasteiger partial charge in [-0.2, -0.15) is 0 Å². The molecule has 0 bridgehead atoms. The van der Waals surface area contributed by atoms with Gasteiger partial charge in [-0.1, -0.05) is 29.8 Å². The summed E-state index contributed by atoms with van der Waals surface area (Å²) in [5.41, 5.74) is 0. The Labute approximate surface area is 137 Å². The number of carbonyl (C=O) groups excluding carboxylic acids is 1. The van der Waals surface area contributed by atoms with Crippen molar-refractivity contribution in [1.82, 2.24) is 5.32 Å². The Morgan fingerprint density at radius 1 is 1.43 bits per heavy atom. The molecule has 1 N–H and O–H groups in total. The number of hydrogen-bond acceptors (Lipinski definition) is 4. The van der Waals surface area contributed by atoms with Crippen LogP contribution in [-0.2, 0) is 13.8 Å². The smallest absolute Gasteiger partial charge is 0.265 e. The number of hydrogen-bond donors (Lipinski definition) is 1. The maximum absolute atomic E-state index is 11.6. The summed E-state index contributed by atoms with van der Waals surface area (Å²) < 4.78 is 28.7. The predicted octanol–water partition coefficient (Wildman–Crippen LogP) is 2.92. The number of nitrogens with one attached hydrogen (secondary N) is 1. The molecule has 0 atom stereocenters. The van der Waals surface area contributed by atoms with Crippen molar-refractivity contribution in [2.24, 2.45) is 5.92 Å². The zero-order chi connectivity index (χ0) is 16.0. The molecule has 0 aliphatic carbocycles. The van der Waals surface area contributed by atoms with Crippen LogP contribution < -0.4 is 10.1 Å². The molecule has 0 spiro atoms. The van der Waals surface area contributed by atoms with Gasteiger partial charge in [0.05, 0.1) is 0 Å². The minimum atomic E-state index is -3.95. The molecular weight excluding hydrogens is 382 g/mol. The van der Waals surface area contributed by atoms with Crippen molar-refractivity contribution in [3.63, 3.8) is 0 Å². The summed E-state index contributed by atoms with van der Waals surface area (Å²) in [7, 11) is 1.39. The Morgan fingerprint density at radius 2 is 2.10 bits per heavy atom. The molecule has 0 radical (unpaired) electrons. The average molecular weight is 399 g/mol. The van der Waals surface area contributed by atoms with E-state index in [4.69, 9.17) is 15.4 Å². The van der Waals surface area contributed by atoms with Crippen LogP contribution in [0, 0.1) is 5.92 Å². The Kier molecular flexibility index (Phi) is 6.96. The van der Waals surface area contributed by atoms with Crippen molar-refractivity contribution in [1.29, 1.82) is 0 Å². The van der Waals surface area contributed by atoms with Crippen molar-refractivity contribution in [3.05, 3.63) is 22.7 Å². The Bertz CT molecular complexity index is 604. The van der Waals surface area contributed by atoms with Crippen LogP contribution in [0.3, 0.4) is 0 Å². The van der Waals surface area contributed by atoms with Crippen molar-refractivity contribution in [3.8, 4) is 5.75 Å². The fourth-order valence-electron chi connectivity index (χ4n) is 1.49. The first-order valence-electron chi connectivity index (χ1n) is 6.34. The number of benzene rings is 1. The summed E-state index contributed by atoms with van der Waals surface area (Å²) >= 11 is 3.16. The van der Waals surface area contributed by atoms with E-state index in [-0.39, 0.29) is 23.2 Å². The highest BCUT2D eigenvalue weighted by molar-refractivity contribution is 9.10. The molecule has 0 unspecified atom stereocenters. The zero-order valence-electron chi connectivity index (χ0n) is 11.7. The third-order valence-electron chi connectivity index (χ3n) is 2.57. The number of carbonyl (C=O) groups is 1. The fraction of sp³-hybridized carbons (Fsp3) is 0.462. The molecule has 0 fully saturated rings. The Balaban J connectivity index is 2.66. The van der Waals surface area contributed by atoms with Crippen molar-refractivity contribution in [2.75, 3.05) is 13.2 Å². The molecule has 0 saturated heterocycles. The second-order valence-corrected chi connectivity index (χ2v) is 8.30. The largest absolute Gasteiger partial charge is 0.482 e. The molecule has 1 aromatic carbocycles. The zero-order valence-corrected chi connectivity index (χ0v) is 14.9. The molecule has 0 heterocycles. The van der Waals surface area contributed by atoms with Gasteiger partial charge in [-0.05, 0) is 30.5 Å². The first-order valence-corrected chi connectivity index (χ1v) is 9.44. The molecular formula is C13H17BrClNO4S. The Morgan fingerprint density at radius 3 is 2.67 bits per heavy atom. The van der Waals surface area contributed by atoms with Crippen LogP contribution in [-0.4, -0.2) is 27.5 Å². The highest BCUT2D eigenvalue weighted by atomic mass is 79.9. The van der Waals surface area contributed by atoms with Crippen LogP contribution in [0.25, 0.3) is 0 Å². The van der Waals surface area contributed by atoms with Crippen LogP contribution in [0.5, 0.6) is 5.75 Å². The molecule has 0 aromatic heterocycles. The summed E-state index contributed by atoms with van der Waals surface area (Å²) in [5.74, 6) is 0.231. The van der Waals surface area contributed by atoms with E-state index in [1.165, 1.54) is 12.1 Å². The van der Waals surface area contributed by atoms with Gasteiger partial charge >= 0.3 is 0 Å². The highest BCUT2D eigenvalue weighted by Crippen LogP contribution is 2.29. The summed E-state index contributed by atoms with van der Waals surface area (Å²) in [6.45, 7) is 4.41. The first kappa shape index (κ1) is 18.3. The van der Waals surface area contributed by atoms with Crippen molar-refractivity contribution in [2.45, 2.75) is 25.2 Å². The molecule has 118 valence electrons. The van der Waals surface area contributed by atoms with E-state index in [0.717, 1.165) is 6.42 Å². The lowest BCUT2D eigenvalue weighted by atomic mass is 10.1. The monoisotopic (exact) mass is 397 g/mol. The van der Waals surface area contributed by atoms with Gasteiger partial charge in [-0.15, -0.1) is 0 Å². The molecule has 0 aliphatic heterocycles. The maximum Gasteiger partial charge on any atom is 0.265 e. The van der Waals surface area contributed by atoms with Crippen LogP contribution in [0.2, 0.25) is 0 Å². The minimum absolute atomic E-state index is 0.0483. The number of ether oxygens (including phenoxy) is 1. The van der Waals surface area contributed by atoms with Crippen LogP contribution in [0.15, 0.2) is 27.6 Å². The quantitative estimate of drug-likeness (QED) is 0.717. The summed E-state index contributed by atoms with van der Waals surface area (Å²) in [6.07, 6.45) is 0.866. The molecule has 5 nitrogen and oxygen atoms in total. The average Bonchev–Trinajstić information content (AvgIpc) is 2.35. The maximum atomic E-state index is 11.6. The molecule has 1 amide bonds. The lowest BCUT2D eigenvalue weighted by molar-refractivity contribution is -0.123. The predicted molar refractivity (Wildman–Crippen MR) is 85.1 cm³/mol. The highest BCUT2D eigenvalue weighted by Gasteiger charge is 2.18. The topological polar surface area (TPSA) is 72.5 Å². The van der Waals surface area contributed by atoms with Gasteiger partial charge in [0.2, 0.25) is 0 Å². The van der Waals surface area contributed by atoms with Gasteiger partial charge in [0.25, 0.3) is 15.0 Å². The SMILES string of the molecule is CC(C)CCNC(=O)COc1ccc(Br)cc1S(=O)(=O)Cl. The van der Waals surface area contributed by atoms with E-state index in [2.05, 4.69) is 35.1 Å². The van der Waals surface area contributed by atoms with Gasteiger partial charge in [0.15, 0.2) is 6.61 Å². The number of rotatable bonds is 7. The van der Waals surface area contributed by atoms with Crippen molar-refractivity contribution >= 4 is 41.6 Å². The lowest BCUT2D eigenvalue weighted by Gasteiger charge is -2.11. The third kappa shape index (κ3) is 6.67. The van der Waals surface area contributed by atoms with E-state index in [1.54, 1.807) is 6.07 Å². The normalized spacial score (nSPS) is 11.5. The second kappa shape index (κ2) is 8.00. The molecule has 21 heavy (non-hydrogen) atoms. The van der Waals surface area contributed by atoms with E-state index in [1.807, 2.05) is 0 Å². The molecule has 1 rings (SSSR count). The van der Waals surface area contributed by atoms with Crippen LogP contribution in [0.1, 0.15) is 20.3 Å². The van der Waals surface area contributed by atoms with E-state index >= 15 is 0 Å². The van der Waals surface area contributed by atoms with Gasteiger partial charge in [-0.3, -0.25) is 4.79 Å². The van der Waals surface area contributed by atoms with E-state index < -0.39 is 9.05 Å². The third-order valence-corrected chi connectivity index (χ3v) is 4.41. The van der Waals surface area contributed by atoms with Crippen molar-refractivity contribution < 1.29 is 17.9 Å². The standard InChI is InChI=1S/C13H17BrClNO4S/c1-9(2)5-6-16-13(17)8-20-11-4-3-10(14)7-12(11)21(15,18)19/h3-4,7,9H,5-6,8H2,1-2H3,(H,16,17). The van der Waals surface area contributed by atoms with Gasteiger partial charge < -0.3 is 10.1 Å². The Hall–Kier alpha value is -0.790. The van der Waals surface area contributed by atoms with E-state index in [9.17, 15) is 13.2 Å². The lowest BCUT2D eigenvalue weighted by Crippen LogP contribution is -2.30. The minimum Gasteiger partial charge on any atom is -0.482 e. The summed E-state index contributed by atoms with van der Waals surface area (Å²) in [6, 6.07) is 4.38. The van der Waals surface area contributed by atoms with Crippen LogP contribution in [0.4, 0.5) is 0 Å². The molecule has 8 heteroatoms. The first-order chi connectivity index (χ1) is 9.70. The molecule has 0 aliphatic rings. The fourth-order valence-corrected chi connectivity index (χ4v) is 3.00. The van der Waals surface area contributed by atoms with E-state index in [0.29, 0.717) is 16.9 Å². The molecule has 1 aromatic rings.